The average Bonchev–Trinajstić information content (AvgIpc) is 3.13. The van der Waals surface area contributed by atoms with Crippen LogP contribution >= 0.6 is 8.60 Å². The van der Waals surface area contributed by atoms with Crippen molar-refractivity contribution in [1.29, 1.82) is 0 Å². The molecule has 254 valence electrons. The fraction of sp³-hybridized carbons (Fsp3) is 0.143. The van der Waals surface area contributed by atoms with Crippen molar-refractivity contribution in [3.8, 4) is 17.2 Å². The third kappa shape index (κ3) is 17.7. The molecule has 49 heavy (non-hydrogen) atoms. The molecule has 0 atom stereocenters. The minimum atomic E-state index is -2.62. The maximum atomic E-state index is 9.14. The van der Waals surface area contributed by atoms with E-state index in [0.29, 0.717) is 17.2 Å². The van der Waals surface area contributed by atoms with E-state index in [1.165, 1.54) is 33.4 Å². The molecule has 6 N–H and O–H groups in total. The number of hydrogen-bond acceptors (Lipinski definition) is 6. The number of hydrogen-bond donors (Lipinski definition) is 6. The van der Waals surface area contributed by atoms with Crippen molar-refractivity contribution in [1.82, 2.24) is 0 Å². The van der Waals surface area contributed by atoms with Crippen molar-refractivity contribution in [3.63, 3.8) is 0 Å². The second kappa shape index (κ2) is 22.6. The van der Waals surface area contributed by atoms with Crippen molar-refractivity contribution >= 4 is 8.60 Å². The Morgan fingerprint density at radius 3 is 0.612 bits per heavy atom. The summed E-state index contributed by atoms with van der Waals surface area (Å²) in [6.07, 6.45) is 6.20. The standard InChI is InChI=1S/3C14H14O.H3O3P/c3*15-14-10-8-13(9-11-14)7-6-12-4-2-1-3-5-12;1-4(2)3/h3*1-5,8-11,15H,6-7H2;1-3H. The molecule has 0 aliphatic heterocycles. The number of phenolic OH excluding ortho intramolecular Hbond substituents is 3. The highest BCUT2D eigenvalue weighted by molar-refractivity contribution is 7.38. The van der Waals surface area contributed by atoms with Crippen LogP contribution in [0.1, 0.15) is 33.4 Å². The fourth-order valence-corrected chi connectivity index (χ4v) is 4.79. The van der Waals surface area contributed by atoms with Crippen LogP contribution in [0.15, 0.2) is 164 Å². The van der Waals surface area contributed by atoms with Crippen LogP contribution in [0.3, 0.4) is 0 Å². The Morgan fingerprint density at radius 1 is 0.265 bits per heavy atom. The Kier molecular flexibility index (Phi) is 17.7. The highest BCUT2D eigenvalue weighted by atomic mass is 31.2. The molecule has 0 saturated carbocycles. The van der Waals surface area contributed by atoms with Crippen LogP contribution in [0.2, 0.25) is 0 Å². The van der Waals surface area contributed by atoms with E-state index < -0.39 is 8.60 Å². The molecule has 0 spiro atoms. The van der Waals surface area contributed by atoms with Crippen LogP contribution in [-0.4, -0.2) is 30.0 Å². The van der Waals surface area contributed by atoms with Gasteiger partial charge in [-0.05, 0) is 108 Å². The molecular formula is C42H45O6P. The SMILES string of the molecule is OP(O)O.Oc1ccc(CCc2ccccc2)cc1.Oc1ccc(CCc2ccccc2)cc1.Oc1ccc(CCc2ccccc2)cc1. The Balaban J connectivity index is 0.000000188. The molecule has 0 unspecified atom stereocenters. The van der Waals surface area contributed by atoms with Crippen LogP contribution in [-0.2, 0) is 38.5 Å². The first-order valence-electron chi connectivity index (χ1n) is 16.1. The molecule has 7 heteroatoms. The minimum absolute atomic E-state index is 0.332. The monoisotopic (exact) mass is 676 g/mol. The van der Waals surface area contributed by atoms with Gasteiger partial charge in [0.25, 0.3) is 0 Å². The first-order chi connectivity index (χ1) is 23.8. The van der Waals surface area contributed by atoms with E-state index in [0.717, 1.165) is 38.5 Å². The van der Waals surface area contributed by atoms with Gasteiger partial charge < -0.3 is 30.0 Å². The molecule has 0 heterocycles. The normalized spacial score (nSPS) is 10.0. The maximum absolute atomic E-state index is 9.14. The van der Waals surface area contributed by atoms with Crippen LogP contribution in [0.4, 0.5) is 0 Å². The molecule has 0 aromatic heterocycles. The largest absolute Gasteiger partial charge is 0.508 e. The number of aryl methyl sites for hydroxylation is 6. The molecule has 6 rings (SSSR count). The van der Waals surface area contributed by atoms with Crippen molar-refractivity contribution in [2.75, 3.05) is 0 Å². The zero-order valence-corrected chi connectivity index (χ0v) is 28.4. The first kappa shape index (κ1) is 38.5. The zero-order chi connectivity index (χ0) is 35.1. The van der Waals surface area contributed by atoms with Gasteiger partial charge in [-0.15, -0.1) is 0 Å². The van der Waals surface area contributed by atoms with Gasteiger partial charge in [-0.25, -0.2) is 0 Å². The van der Waals surface area contributed by atoms with Crippen LogP contribution in [0.5, 0.6) is 17.2 Å². The highest BCUT2D eigenvalue weighted by Gasteiger charge is 1.97. The number of phenols is 3. The summed E-state index contributed by atoms with van der Waals surface area (Å²) in [6, 6.07) is 53.5. The molecule has 0 fully saturated rings. The summed E-state index contributed by atoms with van der Waals surface area (Å²) >= 11 is 0. The lowest BCUT2D eigenvalue weighted by atomic mass is 10.0. The summed E-state index contributed by atoms with van der Waals surface area (Å²) < 4.78 is 0. The number of benzene rings is 6. The number of rotatable bonds is 9. The summed E-state index contributed by atoms with van der Waals surface area (Å²) in [6.45, 7) is 0. The van der Waals surface area contributed by atoms with Gasteiger partial charge in [0, 0.05) is 0 Å². The van der Waals surface area contributed by atoms with Crippen LogP contribution in [0, 0.1) is 0 Å². The minimum Gasteiger partial charge on any atom is -0.508 e. The smallest absolute Gasteiger partial charge is 0.324 e. The lowest BCUT2D eigenvalue weighted by Gasteiger charge is -2.02. The number of aromatic hydroxyl groups is 3. The molecule has 0 saturated heterocycles. The van der Waals surface area contributed by atoms with Gasteiger partial charge in [0.15, 0.2) is 0 Å². The molecule has 0 radical (unpaired) electrons. The van der Waals surface area contributed by atoms with Gasteiger partial charge in [0.2, 0.25) is 0 Å². The molecule has 6 nitrogen and oxygen atoms in total. The summed E-state index contributed by atoms with van der Waals surface area (Å²) in [5.74, 6) is 0.996. The maximum Gasteiger partial charge on any atom is 0.324 e. The van der Waals surface area contributed by atoms with Crippen molar-refractivity contribution in [2.45, 2.75) is 38.5 Å². The average molecular weight is 677 g/mol. The van der Waals surface area contributed by atoms with Gasteiger partial charge in [-0.3, -0.25) is 0 Å². The van der Waals surface area contributed by atoms with E-state index in [-0.39, 0.29) is 0 Å². The summed E-state index contributed by atoms with van der Waals surface area (Å²) in [4.78, 5) is 21.7. The molecule has 0 aliphatic rings. The molecule has 0 aliphatic carbocycles. The van der Waals surface area contributed by atoms with E-state index >= 15 is 0 Å². The van der Waals surface area contributed by atoms with Gasteiger partial charge >= 0.3 is 8.60 Å². The topological polar surface area (TPSA) is 121 Å². The van der Waals surface area contributed by atoms with Gasteiger partial charge in [0.05, 0.1) is 0 Å². The zero-order valence-electron chi connectivity index (χ0n) is 27.5. The lowest BCUT2D eigenvalue weighted by Crippen LogP contribution is -1.90. The van der Waals surface area contributed by atoms with Crippen molar-refractivity contribution < 1.29 is 30.0 Å². The van der Waals surface area contributed by atoms with E-state index in [2.05, 4.69) is 72.8 Å². The molecule has 0 bridgehead atoms. The summed E-state index contributed by atoms with van der Waals surface area (Å²) in [5.41, 5.74) is 7.84. The first-order valence-corrected chi connectivity index (χ1v) is 17.3. The summed E-state index contributed by atoms with van der Waals surface area (Å²) in [5, 5.41) is 27.4. The molecular weight excluding hydrogens is 631 g/mol. The molecule has 6 aromatic rings. The highest BCUT2D eigenvalue weighted by Crippen LogP contribution is 2.15. The van der Waals surface area contributed by atoms with E-state index in [1.807, 2.05) is 54.6 Å². The Bertz CT molecular complexity index is 1470. The van der Waals surface area contributed by atoms with E-state index in [1.54, 1.807) is 36.4 Å². The van der Waals surface area contributed by atoms with Gasteiger partial charge in [0.1, 0.15) is 17.2 Å². The predicted molar refractivity (Wildman–Crippen MR) is 199 cm³/mol. The van der Waals surface area contributed by atoms with Crippen LogP contribution < -0.4 is 0 Å². The second-order valence-corrected chi connectivity index (χ2v) is 11.8. The Morgan fingerprint density at radius 2 is 0.429 bits per heavy atom. The van der Waals surface area contributed by atoms with Gasteiger partial charge in [-0.2, -0.15) is 0 Å². The predicted octanol–water partition coefficient (Wildman–Crippen LogP) is 8.72. The Hall–Kier alpha value is -4.97. The third-order valence-electron chi connectivity index (χ3n) is 7.44. The van der Waals surface area contributed by atoms with Gasteiger partial charge in [-0.1, -0.05) is 127 Å². The molecule has 0 amide bonds. The van der Waals surface area contributed by atoms with E-state index in [9.17, 15) is 0 Å². The van der Waals surface area contributed by atoms with Crippen molar-refractivity contribution in [2.24, 2.45) is 0 Å². The molecule has 6 aromatic carbocycles. The lowest BCUT2D eigenvalue weighted by molar-refractivity contribution is 0.368. The fourth-order valence-electron chi connectivity index (χ4n) is 4.79. The summed E-state index contributed by atoms with van der Waals surface area (Å²) in [7, 11) is -2.62. The van der Waals surface area contributed by atoms with Crippen molar-refractivity contribution in [3.05, 3.63) is 197 Å². The second-order valence-electron chi connectivity index (χ2n) is 11.2. The quantitative estimate of drug-likeness (QED) is 0.0853. The Labute approximate surface area is 290 Å². The van der Waals surface area contributed by atoms with E-state index in [4.69, 9.17) is 30.0 Å². The third-order valence-corrected chi connectivity index (χ3v) is 7.44. The van der Waals surface area contributed by atoms with Crippen LogP contribution in [0.25, 0.3) is 0 Å².